The van der Waals surface area contributed by atoms with Gasteiger partial charge in [0.25, 0.3) is 5.91 Å². The van der Waals surface area contributed by atoms with Gasteiger partial charge in [-0.25, -0.2) is 0 Å². The first-order chi connectivity index (χ1) is 8.36. The molecule has 0 aromatic carbocycles. The largest absolute Gasteiger partial charge is 0.481 e. The summed E-state index contributed by atoms with van der Waals surface area (Å²) in [5.74, 6) is -1.70. The van der Waals surface area contributed by atoms with Crippen molar-refractivity contribution in [3.63, 3.8) is 0 Å². The molecule has 0 bridgehead atoms. The molecular weight excluding hydrogens is 234 g/mol. The molecule has 18 heavy (non-hydrogen) atoms. The molecule has 0 aliphatic rings. The Hall–Kier alpha value is -1.85. The minimum absolute atomic E-state index is 0.183. The molecule has 1 N–H and O–H groups in total. The predicted molar refractivity (Wildman–Crippen MR) is 66.4 cm³/mol. The summed E-state index contributed by atoms with van der Waals surface area (Å²) in [6, 6.07) is 1.72. The van der Waals surface area contributed by atoms with E-state index in [1.807, 2.05) is 13.8 Å². The van der Waals surface area contributed by atoms with Crippen molar-refractivity contribution in [2.24, 2.45) is 5.92 Å². The summed E-state index contributed by atoms with van der Waals surface area (Å²) < 4.78 is 1.62. The molecule has 100 valence electrons. The summed E-state index contributed by atoms with van der Waals surface area (Å²) in [6.45, 7) is 6.10. The van der Waals surface area contributed by atoms with Crippen molar-refractivity contribution in [2.75, 3.05) is 13.6 Å². The zero-order chi connectivity index (χ0) is 13.9. The van der Waals surface area contributed by atoms with Gasteiger partial charge < -0.3 is 10.0 Å². The molecule has 0 aliphatic carbocycles. The third-order valence-corrected chi connectivity index (χ3v) is 2.74. The highest BCUT2D eigenvalue weighted by Gasteiger charge is 2.21. The number of hydrogen-bond donors (Lipinski definition) is 1. The van der Waals surface area contributed by atoms with Gasteiger partial charge in [0.2, 0.25) is 0 Å². The van der Waals surface area contributed by atoms with Crippen molar-refractivity contribution in [1.82, 2.24) is 14.7 Å². The molecule has 0 radical (unpaired) electrons. The first-order valence-electron chi connectivity index (χ1n) is 5.89. The lowest BCUT2D eigenvalue weighted by Crippen LogP contribution is -2.34. The summed E-state index contributed by atoms with van der Waals surface area (Å²) in [7, 11) is 1.60. The van der Waals surface area contributed by atoms with Crippen LogP contribution in [0.25, 0.3) is 0 Å². The summed E-state index contributed by atoms with van der Waals surface area (Å²) in [4.78, 5) is 24.4. The van der Waals surface area contributed by atoms with Gasteiger partial charge in [-0.1, -0.05) is 6.92 Å². The number of carboxylic acids is 1. The monoisotopic (exact) mass is 253 g/mol. The van der Waals surface area contributed by atoms with E-state index in [0.29, 0.717) is 12.2 Å². The highest BCUT2D eigenvalue weighted by atomic mass is 16.4. The van der Waals surface area contributed by atoms with Crippen LogP contribution in [-0.2, 0) is 11.3 Å². The quantitative estimate of drug-likeness (QED) is 0.849. The van der Waals surface area contributed by atoms with Crippen molar-refractivity contribution in [3.8, 4) is 0 Å². The molecule has 0 aliphatic heterocycles. The summed E-state index contributed by atoms with van der Waals surface area (Å²) in [5, 5.41) is 13.0. The predicted octanol–water partition coefficient (Wildman–Crippen LogP) is 1.00. The van der Waals surface area contributed by atoms with Gasteiger partial charge >= 0.3 is 5.97 Å². The molecule has 0 fully saturated rings. The zero-order valence-corrected chi connectivity index (χ0v) is 11.2. The van der Waals surface area contributed by atoms with Gasteiger partial charge in [-0.05, 0) is 19.9 Å². The minimum Gasteiger partial charge on any atom is -0.481 e. The normalized spacial score (nSPS) is 12.2. The van der Waals surface area contributed by atoms with E-state index in [1.54, 1.807) is 24.7 Å². The van der Waals surface area contributed by atoms with E-state index in [-0.39, 0.29) is 12.5 Å². The Balaban J connectivity index is 2.83. The maximum Gasteiger partial charge on any atom is 0.308 e. The molecule has 1 atom stereocenters. The molecule has 1 heterocycles. The van der Waals surface area contributed by atoms with Crippen LogP contribution >= 0.6 is 0 Å². The fourth-order valence-electron chi connectivity index (χ4n) is 1.73. The molecule has 0 spiro atoms. The van der Waals surface area contributed by atoms with Crippen LogP contribution in [0.2, 0.25) is 0 Å². The Morgan fingerprint density at radius 2 is 2.17 bits per heavy atom. The van der Waals surface area contributed by atoms with Crippen LogP contribution in [0.3, 0.4) is 0 Å². The average Bonchev–Trinajstić information content (AvgIpc) is 2.69. The van der Waals surface area contributed by atoms with E-state index >= 15 is 0 Å². The molecule has 1 amide bonds. The first-order valence-corrected chi connectivity index (χ1v) is 5.89. The number of aryl methyl sites for hydroxylation is 2. The van der Waals surface area contributed by atoms with Crippen molar-refractivity contribution < 1.29 is 14.7 Å². The number of carbonyl (C=O) groups is 2. The number of rotatable bonds is 5. The van der Waals surface area contributed by atoms with Crippen molar-refractivity contribution >= 4 is 11.9 Å². The molecule has 6 heteroatoms. The molecule has 0 saturated heterocycles. The van der Waals surface area contributed by atoms with E-state index in [1.165, 1.54) is 4.90 Å². The number of carboxylic acid groups (broad SMARTS) is 1. The SMILES string of the molecule is CCn1nc(C)cc1C(=O)N(C)CC(C)C(=O)O. The fraction of sp³-hybridized carbons (Fsp3) is 0.583. The number of aliphatic carboxylic acids is 1. The number of hydrogen-bond acceptors (Lipinski definition) is 3. The van der Waals surface area contributed by atoms with Crippen LogP contribution in [-0.4, -0.2) is 45.3 Å². The van der Waals surface area contributed by atoms with Crippen LogP contribution in [0.15, 0.2) is 6.07 Å². The van der Waals surface area contributed by atoms with Crippen LogP contribution < -0.4 is 0 Å². The number of amides is 1. The number of carbonyl (C=O) groups excluding carboxylic acids is 1. The van der Waals surface area contributed by atoms with Crippen molar-refractivity contribution in [3.05, 3.63) is 17.5 Å². The van der Waals surface area contributed by atoms with Gasteiger partial charge in [0.05, 0.1) is 11.6 Å². The average molecular weight is 253 g/mol. The second kappa shape index (κ2) is 5.66. The molecule has 1 unspecified atom stereocenters. The van der Waals surface area contributed by atoms with E-state index < -0.39 is 11.9 Å². The van der Waals surface area contributed by atoms with Crippen LogP contribution in [0.5, 0.6) is 0 Å². The third kappa shape index (κ3) is 3.09. The standard InChI is InChI=1S/C12H19N3O3/c1-5-15-10(6-9(3)13-15)11(16)14(4)7-8(2)12(17)18/h6,8H,5,7H2,1-4H3,(H,17,18). The summed E-state index contributed by atoms with van der Waals surface area (Å²) in [5.41, 5.74) is 1.27. The Bertz CT molecular complexity index is 453. The molecule has 0 saturated carbocycles. The second-order valence-electron chi connectivity index (χ2n) is 4.41. The maximum absolute atomic E-state index is 12.2. The summed E-state index contributed by atoms with van der Waals surface area (Å²) >= 11 is 0. The van der Waals surface area contributed by atoms with Gasteiger partial charge in [-0.15, -0.1) is 0 Å². The van der Waals surface area contributed by atoms with E-state index in [0.717, 1.165) is 5.69 Å². The van der Waals surface area contributed by atoms with Crippen molar-refractivity contribution in [2.45, 2.75) is 27.3 Å². The zero-order valence-electron chi connectivity index (χ0n) is 11.2. The Kier molecular flexibility index (Phi) is 4.47. The molecule has 6 nitrogen and oxygen atoms in total. The van der Waals surface area contributed by atoms with Gasteiger partial charge in [0.15, 0.2) is 0 Å². The first kappa shape index (κ1) is 14.2. The fourth-order valence-corrected chi connectivity index (χ4v) is 1.73. The van der Waals surface area contributed by atoms with Crippen LogP contribution in [0.4, 0.5) is 0 Å². The molecule has 1 rings (SSSR count). The lowest BCUT2D eigenvalue weighted by Gasteiger charge is -2.19. The van der Waals surface area contributed by atoms with Gasteiger partial charge in [-0.3, -0.25) is 14.3 Å². The lowest BCUT2D eigenvalue weighted by molar-refractivity contribution is -0.141. The van der Waals surface area contributed by atoms with E-state index in [2.05, 4.69) is 5.10 Å². The molecule has 1 aromatic rings. The molecule has 1 aromatic heterocycles. The smallest absolute Gasteiger partial charge is 0.308 e. The van der Waals surface area contributed by atoms with E-state index in [9.17, 15) is 9.59 Å². The van der Waals surface area contributed by atoms with Crippen LogP contribution in [0.1, 0.15) is 30.0 Å². The second-order valence-corrected chi connectivity index (χ2v) is 4.41. The van der Waals surface area contributed by atoms with E-state index in [4.69, 9.17) is 5.11 Å². The Morgan fingerprint density at radius 1 is 1.56 bits per heavy atom. The van der Waals surface area contributed by atoms with Crippen LogP contribution in [0, 0.1) is 12.8 Å². The maximum atomic E-state index is 12.2. The van der Waals surface area contributed by atoms with Gasteiger partial charge in [0, 0.05) is 20.1 Å². The highest BCUT2D eigenvalue weighted by molar-refractivity contribution is 5.92. The lowest BCUT2D eigenvalue weighted by atomic mass is 10.1. The number of aromatic nitrogens is 2. The third-order valence-electron chi connectivity index (χ3n) is 2.74. The van der Waals surface area contributed by atoms with Gasteiger partial charge in [-0.2, -0.15) is 5.10 Å². The van der Waals surface area contributed by atoms with Crippen molar-refractivity contribution in [1.29, 1.82) is 0 Å². The minimum atomic E-state index is -0.908. The molecular formula is C12H19N3O3. The number of nitrogens with zero attached hydrogens (tertiary/aromatic N) is 3. The van der Waals surface area contributed by atoms with Gasteiger partial charge in [0.1, 0.15) is 5.69 Å². The Morgan fingerprint density at radius 3 is 2.67 bits per heavy atom. The Labute approximate surface area is 106 Å². The highest BCUT2D eigenvalue weighted by Crippen LogP contribution is 2.08. The summed E-state index contributed by atoms with van der Waals surface area (Å²) in [6.07, 6.45) is 0. The topological polar surface area (TPSA) is 75.4 Å².